The van der Waals surface area contributed by atoms with Gasteiger partial charge in [-0.1, -0.05) is 6.08 Å². The molecule has 4 nitrogen and oxygen atoms in total. The van der Waals surface area contributed by atoms with Gasteiger partial charge in [0.2, 0.25) is 5.91 Å². The summed E-state index contributed by atoms with van der Waals surface area (Å²) in [6.45, 7) is 9.54. The zero-order chi connectivity index (χ0) is 13.5. The largest absolute Gasteiger partial charge is 0.395 e. The van der Waals surface area contributed by atoms with E-state index in [4.69, 9.17) is 5.11 Å². The molecule has 0 spiro atoms. The molecule has 1 amide bonds. The van der Waals surface area contributed by atoms with E-state index < -0.39 is 0 Å². The highest BCUT2D eigenvalue weighted by molar-refractivity contribution is 5.79. The van der Waals surface area contributed by atoms with Gasteiger partial charge in [-0.05, 0) is 33.1 Å². The van der Waals surface area contributed by atoms with Crippen LogP contribution in [0, 0.1) is 0 Å². The van der Waals surface area contributed by atoms with E-state index in [9.17, 15) is 4.79 Å². The molecule has 2 unspecified atom stereocenters. The fourth-order valence-electron chi connectivity index (χ4n) is 2.74. The van der Waals surface area contributed by atoms with Crippen LogP contribution in [-0.4, -0.2) is 59.1 Å². The number of aliphatic hydroxyl groups excluding tert-OH is 1. The molecule has 0 radical (unpaired) electrons. The van der Waals surface area contributed by atoms with Crippen LogP contribution in [0.3, 0.4) is 0 Å². The second-order valence-corrected chi connectivity index (χ2v) is 5.18. The third kappa shape index (κ3) is 4.10. The number of carbonyl (C=O) groups is 1. The zero-order valence-corrected chi connectivity index (χ0v) is 11.6. The summed E-state index contributed by atoms with van der Waals surface area (Å²) in [4.78, 5) is 16.3. The molecule has 1 saturated heterocycles. The standard InChI is InChI=1S/C14H26N2O2/c1-4-8-15(9-10-17)11-14(18)16-12(2)6-5-7-13(16)3/h4,12-13,17H,1,5-11H2,2-3H3. The molecule has 0 bridgehead atoms. The molecule has 0 aromatic carbocycles. The fraction of sp³-hybridized carbons (Fsp3) is 0.786. The Hall–Kier alpha value is -0.870. The lowest BCUT2D eigenvalue weighted by atomic mass is 9.97. The maximum absolute atomic E-state index is 12.3. The molecule has 0 aromatic rings. The van der Waals surface area contributed by atoms with Gasteiger partial charge in [0.05, 0.1) is 13.2 Å². The molecule has 1 N–H and O–H groups in total. The quantitative estimate of drug-likeness (QED) is 0.726. The minimum atomic E-state index is 0.0756. The molecule has 18 heavy (non-hydrogen) atoms. The third-order valence-electron chi connectivity index (χ3n) is 3.64. The van der Waals surface area contributed by atoms with Gasteiger partial charge in [-0.15, -0.1) is 6.58 Å². The minimum Gasteiger partial charge on any atom is -0.395 e. The number of hydrogen-bond acceptors (Lipinski definition) is 3. The topological polar surface area (TPSA) is 43.8 Å². The average molecular weight is 254 g/mol. The summed E-state index contributed by atoms with van der Waals surface area (Å²) in [7, 11) is 0. The Balaban J connectivity index is 2.58. The van der Waals surface area contributed by atoms with Crippen LogP contribution in [0.5, 0.6) is 0 Å². The summed E-state index contributed by atoms with van der Waals surface area (Å²) in [5.41, 5.74) is 0. The molecule has 0 aliphatic carbocycles. The molecular weight excluding hydrogens is 228 g/mol. The molecule has 1 heterocycles. The zero-order valence-electron chi connectivity index (χ0n) is 11.6. The van der Waals surface area contributed by atoms with E-state index in [2.05, 4.69) is 20.4 Å². The van der Waals surface area contributed by atoms with Gasteiger partial charge >= 0.3 is 0 Å². The highest BCUT2D eigenvalue weighted by Gasteiger charge is 2.29. The van der Waals surface area contributed by atoms with E-state index in [1.807, 2.05) is 9.80 Å². The lowest BCUT2D eigenvalue weighted by Gasteiger charge is -2.40. The van der Waals surface area contributed by atoms with E-state index >= 15 is 0 Å². The first kappa shape index (κ1) is 15.2. The van der Waals surface area contributed by atoms with E-state index in [1.165, 1.54) is 6.42 Å². The van der Waals surface area contributed by atoms with Crippen molar-refractivity contribution < 1.29 is 9.90 Å². The Kier molecular flexibility index (Phi) is 6.36. The fourth-order valence-corrected chi connectivity index (χ4v) is 2.74. The third-order valence-corrected chi connectivity index (χ3v) is 3.64. The van der Waals surface area contributed by atoms with Crippen molar-refractivity contribution >= 4 is 5.91 Å². The summed E-state index contributed by atoms with van der Waals surface area (Å²) in [6.07, 6.45) is 5.17. The summed E-state index contributed by atoms with van der Waals surface area (Å²) in [5, 5.41) is 8.99. The smallest absolute Gasteiger partial charge is 0.237 e. The molecular formula is C14H26N2O2. The number of aliphatic hydroxyl groups is 1. The average Bonchev–Trinajstić information content (AvgIpc) is 2.29. The van der Waals surface area contributed by atoms with Gasteiger partial charge in [0.15, 0.2) is 0 Å². The van der Waals surface area contributed by atoms with E-state index in [-0.39, 0.29) is 12.5 Å². The van der Waals surface area contributed by atoms with Gasteiger partial charge < -0.3 is 10.0 Å². The lowest BCUT2D eigenvalue weighted by molar-refractivity contribution is -0.138. The Bertz CT molecular complexity index is 271. The van der Waals surface area contributed by atoms with Gasteiger partial charge in [-0.3, -0.25) is 9.69 Å². The number of hydrogen-bond donors (Lipinski definition) is 1. The van der Waals surface area contributed by atoms with Gasteiger partial charge in [0.1, 0.15) is 0 Å². The molecule has 2 atom stereocenters. The van der Waals surface area contributed by atoms with Crippen LogP contribution in [0.25, 0.3) is 0 Å². The number of carbonyl (C=O) groups excluding carboxylic acids is 1. The first-order chi connectivity index (χ1) is 8.60. The van der Waals surface area contributed by atoms with Crippen molar-refractivity contribution in [1.82, 2.24) is 9.80 Å². The number of rotatable bonds is 6. The first-order valence-electron chi connectivity index (χ1n) is 6.85. The second-order valence-electron chi connectivity index (χ2n) is 5.18. The van der Waals surface area contributed by atoms with Crippen molar-refractivity contribution in [2.24, 2.45) is 0 Å². The van der Waals surface area contributed by atoms with Crippen LogP contribution in [0.4, 0.5) is 0 Å². The molecule has 1 rings (SSSR count). The van der Waals surface area contributed by atoms with E-state index in [0.29, 0.717) is 31.7 Å². The van der Waals surface area contributed by atoms with E-state index in [1.54, 1.807) is 6.08 Å². The lowest BCUT2D eigenvalue weighted by Crippen LogP contribution is -2.51. The molecule has 1 aliphatic heterocycles. The summed E-state index contributed by atoms with van der Waals surface area (Å²) < 4.78 is 0. The van der Waals surface area contributed by atoms with Gasteiger partial charge in [-0.25, -0.2) is 0 Å². The minimum absolute atomic E-state index is 0.0756. The molecule has 1 fully saturated rings. The number of likely N-dealkylation sites (tertiary alicyclic amines) is 1. The Morgan fingerprint density at radius 3 is 2.56 bits per heavy atom. The van der Waals surface area contributed by atoms with E-state index in [0.717, 1.165) is 12.8 Å². The maximum atomic E-state index is 12.3. The maximum Gasteiger partial charge on any atom is 0.237 e. The SMILES string of the molecule is C=CCN(CCO)CC(=O)N1C(C)CCCC1C. The Labute approximate surface area is 110 Å². The molecule has 1 aliphatic rings. The molecule has 104 valence electrons. The molecule has 4 heteroatoms. The van der Waals surface area contributed by atoms with Crippen LogP contribution >= 0.6 is 0 Å². The molecule has 0 saturated carbocycles. The predicted molar refractivity (Wildman–Crippen MR) is 73.3 cm³/mol. The second kappa shape index (κ2) is 7.54. The van der Waals surface area contributed by atoms with Crippen molar-refractivity contribution in [3.05, 3.63) is 12.7 Å². The monoisotopic (exact) mass is 254 g/mol. The van der Waals surface area contributed by atoms with Gasteiger partial charge in [0.25, 0.3) is 0 Å². The Morgan fingerprint density at radius 1 is 1.44 bits per heavy atom. The van der Waals surface area contributed by atoms with Gasteiger partial charge in [-0.2, -0.15) is 0 Å². The first-order valence-corrected chi connectivity index (χ1v) is 6.85. The summed E-state index contributed by atoms with van der Waals surface area (Å²) in [6, 6.07) is 0.668. The van der Waals surface area contributed by atoms with Crippen LogP contribution in [0.1, 0.15) is 33.1 Å². The summed E-state index contributed by atoms with van der Waals surface area (Å²) >= 11 is 0. The van der Waals surface area contributed by atoms with Crippen LogP contribution < -0.4 is 0 Å². The van der Waals surface area contributed by atoms with Crippen molar-refractivity contribution in [3.63, 3.8) is 0 Å². The highest BCUT2D eigenvalue weighted by Crippen LogP contribution is 2.22. The Morgan fingerprint density at radius 2 is 2.06 bits per heavy atom. The number of amides is 1. The van der Waals surface area contributed by atoms with Crippen molar-refractivity contribution in [2.75, 3.05) is 26.2 Å². The predicted octanol–water partition coefficient (Wildman–Crippen LogP) is 1.26. The van der Waals surface area contributed by atoms with Crippen molar-refractivity contribution in [3.8, 4) is 0 Å². The van der Waals surface area contributed by atoms with Crippen molar-refractivity contribution in [1.29, 1.82) is 0 Å². The van der Waals surface area contributed by atoms with Crippen LogP contribution in [0.2, 0.25) is 0 Å². The van der Waals surface area contributed by atoms with Crippen molar-refractivity contribution in [2.45, 2.75) is 45.2 Å². The van der Waals surface area contributed by atoms with Crippen LogP contribution in [-0.2, 0) is 4.79 Å². The highest BCUT2D eigenvalue weighted by atomic mass is 16.3. The van der Waals surface area contributed by atoms with Gasteiger partial charge in [0, 0.05) is 25.2 Å². The molecule has 0 aromatic heterocycles. The van der Waals surface area contributed by atoms with Crippen LogP contribution in [0.15, 0.2) is 12.7 Å². The summed E-state index contributed by atoms with van der Waals surface area (Å²) in [5.74, 6) is 0.171. The number of nitrogens with zero attached hydrogens (tertiary/aromatic N) is 2. The number of piperidine rings is 1. The normalized spacial score (nSPS) is 24.3.